The Bertz CT molecular complexity index is 611. The molecule has 0 saturated carbocycles. The van der Waals surface area contributed by atoms with E-state index in [1.807, 2.05) is 39.0 Å². The van der Waals surface area contributed by atoms with E-state index in [4.69, 9.17) is 9.47 Å². The molecule has 3 amide bonds. The number of nitrogens with zero attached hydrogens (tertiary/aromatic N) is 2. The molecule has 0 unspecified atom stereocenters. The Morgan fingerprint density at radius 1 is 1.07 bits per heavy atom. The second kappa shape index (κ2) is 10.6. The van der Waals surface area contributed by atoms with Crippen molar-refractivity contribution in [2.75, 3.05) is 39.4 Å². The van der Waals surface area contributed by atoms with Gasteiger partial charge in [-0.25, -0.2) is 4.79 Å². The largest absolute Gasteiger partial charge is 0.490 e. The molecular formula is C20H31N3O4. The van der Waals surface area contributed by atoms with Gasteiger partial charge in [0.1, 0.15) is 0 Å². The summed E-state index contributed by atoms with van der Waals surface area (Å²) in [4.78, 5) is 28.1. The van der Waals surface area contributed by atoms with Gasteiger partial charge in [-0.1, -0.05) is 12.1 Å². The van der Waals surface area contributed by atoms with Gasteiger partial charge in [0.2, 0.25) is 0 Å². The second-order valence-electron chi connectivity index (χ2n) is 6.45. The monoisotopic (exact) mass is 377 g/mol. The molecule has 7 nitrogen and oxygen atoms in total. The van der Waals surface area contributed by atoms with Gasteiger partial charge in [-0.2, -0.15) is 0 Å². The number of nitrogens with one attached hydrogen (secondary N) is 1. The van der Waals surface area contributed by atoms with Gasteiger partial charge >= 0.3 is 6.03 Å². The number of benzene rings is 1. The maximum atomic E-state index is 12.4. The van der Waals surface area contributed by atoms with E-state index in [1.165, 1.54) is 0 Å². The van der Waals surface area contributed by atoms with Crippen molar-refractivity contribution in [3.8, 4) is 11.5 Å². The molecule has 0 atom stereocenters. The Hall–Kier alpha value is -2.44. The molecule has 1 aliphatic rings. The molecule has 0 aliphatic carbocycles. The number of carbonyl (C=O) groups excluding carboxylic acids is 2. The highest BCUT2D eigenvalue weighted by Gasteiger charge is 2.25. The summed E-state index contributed by atoms with van der Waals surface area (Å²) in [5.41, 5.74) is 0. The average molecular weight is 377 g/mol. The Balaban J connectivity index is 1.77. The lowest BCUT2D eigenvalue weighted by atomic mass is 10.1. The first-order chi connectivity index (χ1) is 13.1. The molecular weight excluding hydrogens is 346 g/mol. The van der Waals surface area contributed by atoms with Crippen LogP contribution in [0.1, 0.15) is 33.6 Å². The molecule has 7 heteroatoms. The average Bonchev–Trinajstić information content (AvgIpc) is 2.69. The fourth-order valence-corrected chi connectivity index (χ4v) is 3.12. The molecule has 0 bridgehead atoms. The Morgan fingerprint density at radius 2 is 1.67 bits per heavy atom. The third kappa shape index (κ3) is 6.05. The molecule has 1 aromatic rings. The first kappa shape index (κ1) is 20.9. The number of ether oxygens (including phenoxy) is 2. The number of hydrogen-bond donors (Lipinski definition) is 1. The van der Waals surface area contributed by atoms with Gasteiger partial charge in [-0.3, -0.25) is 4.79 Å². The van der Waals surface area contributed by atoms with Crippen molar-refractivity contribution in [2.24, 2.45) is 0 Å². The van der Waals surface area contributed by atoms with E-state index in [0.29, 0.717) is 44.3 Å². The Labute approximate surface area is 161 Å². The minimum absolute atomic E-state index is 0.0133. The summed E-state index contributed by atoms with van der Waals surface area (Å²) >= 11 is 0. The maximum absolute atomic E-state index is 12.4. The third-order valence-corrected chi connectivity index (χ3v) is 4.73. The van der Waals surface area contributed by atoms with E-state index in [9.17, 15) is 9.59 Å². The number of rotatable bonds is 8. The molecule has 1 aromatic carbocycles. The van der Waals surface area contributed by atoms with Crippen LogP contribution in [0.5, 0.6) is 11.5 Å². The van der Waals surface area contributed by atoms with E-state index in [-0.39, 0.29) is 24.6 Å². The van der Waals surface area contributed by atoms with Crippen LogP contribution in [0.25, 0.3) is 0 Å². The molecule has 150 valence electrons. The van der Waals surface area contributed by atoms with Gasteiger partial charge in [0.05, 0.1) is 6.61 Å². The standard InChI is InChI=1S/C20H31N3O4/c1-4-22(5-2)20(25)21-16-11-13-23(14-12-16)19(24)15-27-18-10-8-7-9-17(18)26-6-3/h7-10,16H,4-6,11-15H2,1-3H3,(H,21,25). The minimum Gasteiger partial charge on any atom is -0.490 e. The zero-order valence-corrected chi connectivity index (χ0v) is 16.6. The maximum Gasteiger partial charge on any atom is 0.317 e. The molecule has 1 saturated heterocycles. The molecule has 1 aliphatic heterocycles. The number of carbonyl (C=O) groups is 2. The van der Waals surface area contributed by atoms with Crippen LogP contribution in [0, 0.1) is 0 Å². The number of para-hydroxylation sites is 2. The van der Waals surface area contributed by atoms with Gasteiger partial charge in [0, 0.05) is 32.2 Å². The number of piperidine rings is 1. The lowest BCUT2D eigenvalue weighted by molar-refractivity contribution is -0.134. The van der Waals surface area contributed by atoms with Gasteiger partial charge in [-0.05, 0) is 45.7 Å². The minimum atomic E-state index is -0.0465. The number of hydrogen-bond acceptors (Lipinski definition) is 4. The molecule has 1 heterocycles. The SMILES string of the molecule is CCOc1ccccc1OCC(=O)N1CCC(NC(=O)N(CC)CC)CC1. The fourth-order valence-electron chi connectivity index (χ4n) is 3.12. The normalized spacial score (nSPS) is 14.6. The number of urea groups is 1. The summed E-state index contributed by atoms with van der Waals surface area (Å²) in [7, 11) is 0. The van der Waals surface area contributed by atoms with Gasteiger partial charge in [0.15, 0.2) is 18.1 Å². The third-order valence-electron chi connectivity index (χ3n) is 4.73. The van der Waals surface area contributed by atoms with Crippen LogP contribution < -0.4 is 14.8 Å². The predicted octanol–water partition coefficient (Wildman–Crippen LogP) is 2.51. The molecule has 0 spiro atoms. The van der Waals surface area contributed by atoms with E-state index in [2.05, 4.69) is 5.32 Å². The van der Waals surface area contributed by atoms with Crippen molar-refractivity contribution in [3.63, 3.8) is 0 Å². The van der Waals surface area contributed by atoms with Crippen LogP contribution in [-0.4, -0.2) is 67.2 Å². The van der Waals surface area contributed by atoms with Crippen molar-refractivity contribution in [3.05, 3.63) is 24.3 Å². The summed E-state index contributed by atoms with van der Waals surface area (Å²) in [5, 5.41) is 3.06. The summed E-state index contributed by atoms with van der Waals surface area (Å²) in [6, 6.07) is 7.44. The lowest BCUT2D eigenvalue weighted by Crippen LogP contribution is -2.50. The first-order valence-electron chi connectivity index (χ1n) is 9.76. The number of likely N-dealkylation sites (tertiary alicyclic amines) is 1. The summed E-state index contributed by atoms with van der Waals surface area (Å²) < 4.78 is 11.2. The van der Waals surface area contributed by atoms with Gasteiger partial charge in [0.25, 0.3) is 5.91 Å². The summed E-state index contributed by atoms with van der Waals surface area (Å²) in [6.45, 7) is 9.01. The van der Waals surface area contributed by atoms with Crippen LogP contribution in [0.2, 0.25) is 0 Å². The molecule has 2 rings (SSSR count). The second-order valence-corrected chi connectivity index (χ2v) is 6.45. The van der Waals surface area contributed by atoms with Crippen molar-refractivity contribution >= 4 is 11.9 Å². The highest BCUT2D eigenvalue weighted by molar-refractivity contribution is 5.78. The summed E-state index contributed by atoms with van der Waals surface area (Å²) in [6.07, 6.45) is 1.52. The van der Waals surface area contributed by atoms with Crippen LogP contribution in [0.15, 0.2) is 24.3 Å². The smallest absolute Gasteiger partial charge is 0.317 e. The first-order valence-corrected chi connectivity index (χ1v) is 9.76. The van der Waals surface area contributed by atoms with E-state index in [0.717, 1.165) is 12.8 Å². The van der Waals surface area contributed by atoms with Gasteiger partial charge in [-0.15, -0.1) is 0 Å². The topological polar surface area (TPSA) is 71.1 Å². The zero-order valence-electron chi connectivity index (χ0n) is 16.6. The highest BCUT2D eigenvalue weighted by atomic mass is 16.5. The van der Waals surface area contributed by atoms with Crippen LogP contribution >= 0.6 is 0 Å². The van der Waals surface area contributed by atoms with E-state index >= 15 is 0 Å². The lowest BCUT2D eigenvalue weighted by Gasteiger charge is -2.33. The Morgan fingerprint density at radius 3 is 2.22 bits per heavy atom. The highest BCUT2D eigenvalue weighted by Crippen LogP contribution is 2.26. The Kier molecular flexibility index (Phi) is 8.23. The summed E-state index contributed by atoms with van der Waals surface area (Å²) in [5.74, 6) is 1.18. The van der Waals surface area contributed by atoms with Crippen molar-refractivity contribution in [1.29, 1.82) is 0 Å². The van der Waals surface area contributed by atoms with Crippen LogP contribution in [-0.2, 0) is 4.79 Å². The van der Waals surface area contributed by atoms with Gasteiger partial charge < -0.3 is 24.6 Å². The van der Waals surface area contributed by atoms with Crippen molar-refractivity contribution in [2.45, 2.75) is 39.7 Å². The molecule has 0 aromatic heterocycles. The quantitative estimate of drug-likeness (QED) is 0.756. The van der Waals surface area contributed by atoms with Crippen LogP contribution in [0.3, 0.4) is 0 Å². The molecule has 1 fully saturated rings. The van der Waals surface area contributed by atoms with Crippen molar-refractivity contribution < 1.29 is 19.1 Å². The fraction of sp³-hybridized carbons (Fsp3) is 0.600. The van der Waals surface area contributed by atoms with E-state index < -0.39 is 0 Å². The number of amides is 3. The van der Waals surface area contributed by atoms with Crippen molar-refractivity contribution in [1.82, 2.24) is 15.1 Å². The molecule has 0 radical (unpaired) electrons. The van der Waals surface area contributed by atoms with E-state index in [1.54, 1.807) is 15.9 Å². The molecule has 1 N–H and O–H groups in total. The predicted molar refractivity (Wildman–Crippen MR) is 104 cm³/mol. The molecule has 27 heavy (non-hydrogen) atoms. The van der Waals surface area contributed by atoms with Crippen LogP contribution in [0.4, 0.5) is 4.79 Å². The zero-order chi connectivity index (χ0) is 19.6.